The lowest BCUT2D eigenvalue weighted by atomic mass is 10.2. The summed E-state index contributed by atoms with van der Waals surface area (Å²) in [6.45, 7) is 7.30. The third-order valence-corrected chi connectivity index (χ3v) is 6.89. The number of thiocarbonyl (C=S) groups is 1. The lowest BCUT2D eigenvalue weighted by Gasteiger charge is -2.35. The van der Waals surface area contributed by atoms with Crippen molar-refractivity contribution in [3.63, 3.8) is 0 Å². The summed E-state index contributed by atoms with van der Waals surface area (Å²) in [5.74, 6) is 0. The maximum absolute atomic E-state index is 12.5. The highest BCUT2D eigenvalue weighted by atomic mass is 32.2. The van der Waals surface area contributed by atoms with Gasteiger partial charge < -0.3 is 15.0 Å². The van der Waals surface area contributed by atoms with Gasteiger partial charge in [-0.3, -0.25) is 4.90 Å². The molecular weight excluding hydrogens is 396 g/mol. The molecule has 1 aromatic carbocycles. The highest BCUT2D eigenvalue weighted by Gasteiger charge is 2.26. The molecule has 0 aromatic heterocycles. The van der Waals surface area contributed by atoms with Crippen molar-refractivity contribution >= 4 is 33.4 Å². The van der Waals surface area contributed by atoms with Crippen LogP contribution >= 0.6 is 12.2 Å². The van der Waals surface area contributed by atoms with Gasteiger partial charge in [0.15, 0.2) is 5.11 Å². The van der Waals surface area contributed by atoms with Crippen LogP contribution in [0.5, 0.6) is 0 Å². The zero-order valence-corrected chi connectivity index (χ0v) is 17.6. The Kier molecular flexibility index (Phi) is 7.81. The van der Waals surface area contributed by atoms with Crippen LogP contribution in [0.3, 0.4) is 0 Å². The zero-order valence-electron chi connectivity index (χ0n) is 16.0. The summed E-state index contributed by atoms with van der Waals surface area (Å²) in [5, 5.41) is 5.28. The van der Waals surface area contributed by atoms with Crippen molar-refractivity contribution in [3.05, 3.63) is 41.3 Å². The summed E-state index contributed by atoms with van der Waals surface area (Å²) < 4.78 is 31.9. The van der Waals surface area contributed by atoms with Gasteiger partial charge in [0.1, 0.15) is 0 Å². The van der Waals surface area contributed by atoms with Crippen LogP contribution < -0.4 is 5.32 Å². The lowest BCUT2D eigenvalue weighted by Crippen LogP contribution is -2.53. The third-order valence-electron chi connectivity index (χ3n) is 4.93. The van der Waals surface area contributed by atoms with E-state index in [1.807, 2.05) is 35.2 Å². The molecule has 0 atom stereocenters. The summed E-state index contributed by atoms with van der Waals surface area (Å²) in [6, 6.07) is 9.44. The molecule has 2 aliphatic rings. The molecule has 154 valence electrons. The maximum Gasteiger partial charge on any atom is 0.236 e. The Morgan fingerprint density at radius 1 is 1.07 bits per heavy atom. The molecule has 0 radical (unpaired) electrons. The van der Waals surface area contributed by atoms with Crippen LogP contribution in [0.15, 0.2) is 35.7 Å². The van der Waals surface area contributed by atoms with Gasteiger partial charge in [0.2, 0.25) is 10.0 Å². The van der Waals surface area contributed by atoms with Crippen LogP contribution in [0.25, 0.3) is 6.08 Å². The highest BCUT2D eigenvalue weighted by Crippen LogP contribution is 2.11. The maximum atomic E-state index is 12.5. The van der Waals surface area contributed by atoms with Crippen molar-refractivity contribution in [2.75, 3.05) is 65.6 Å². The van der Waals surface area contributed by atoms with E-state index in [-0.39, 0.29) is 0 Å². The molecule has 2 aliphatic heterocycles. The summed E-state index contributed by atoms with van der Waals surface area (Å²) in [7, 11) is -3.42. The molecule has 7 nitrogen and oxygen atoms in total. The van der Waals surface area contributed by atoms with Gasteiger partial charge in [-0.1, -0.05) is 30.3 Å². The monoisotopic (exact) mass is 424 g/mol. The minimum atomic E-state index is -3.42. The predicted octanol–water partition coefficient (Wildman–Crippen LogP) is 0.811. The second kappa shape index (κ2) is 10.3. The van der Waals surface area contributed by atoms with E-state index in [4.69, 9.17) is 17.0 Å². The number of rotatable bonds is 6. The minimum absolute atomic E-state index is 0.437. The van der Waals surface area contributed by atoms with Crippen molar-refractivity contribution in [2.45, 2.75) is 0 Å². The second-order valence-corrected chi connectivity index (χ2v) is 9.04. The van der Waals surface area contributed by atoms with Gasteiger partial charge in [-0.25, -0.2) is 8.42 Å². The van der Waals surface area contributed by atoms with Crippen LogP contribution in [0.2, 0.25) is 0 Å². The quantitative estimate of drug-likeness (QED) is 0.678. The number of hydrogen-bond donors (Lipinski definition) is 1. The Bertz CT molecular complexity index is 757. The van der Waals surface area contributed by atoms with Gasteiger partial charge in [0.05, 0.1) is 13.2 Å². The minimum Gasteiger partial charge on any atom is -0.379 e. The summed E-state index contributed by atoms with van der Waals surface area (Å²) in [5.41, 5.74) is 0.871. The summed E-state index contributed by atoms with van der Waals surface area (Å²) >= 11 is 5.48. The number of ether oxygens (including phenoxy) is 1. The molecule has 2 fully saturated rings. The van der Waals surface area contributed by atoms with Crippen LogP contribution in [-0.4, -0.2) is 93.2 Å². The average Bonchev–Trinajstić information content (AvgIpc) is 2.74. The zero-order chi connectivity index (χ0) is 19.8. The van der Waals surface area contributed by atoms with E-state index in [2.05, 4.69) is 10.2 Å². The molecular formula is C19H28N4O3S2. The largest absolute Gasteiger partial charge is 0.379 e. The first-order chi connectivity index (χ1) is 13.5. The van der Waals surface area contributed by atoms with Gasteiger partial charge in [-0.15, -0.1) is 0 Å². The smallest absolute Gasteiger partial charge is 0.236 e. The fourth-order valence-corrected chi connectivity index (χ4v) is 4.68. The second-order valence-electron chi connectivity index (χ2n) is 6.83. The van der Waals surface area contributed by atoms with Gasteiger partial charge in [-0.2, -0.15) is 4.31 Å². The fourth-order valence-electron chi connectivity index (χ4n) is 3.22. The van der Waals surface area contributed by atoms with E-state index in [9.17, 15) is 8.42 Å². The number of piperazine rings is 1. The molecule has 0 saturated carbocycles. The van der Waals surface area contributed by atoms with E-state index in [1.165, 1.54) is 9.71 Å². The normalized spacial score (nSPS) is 19.8. The van der Waals surface area contributed by atoms with E-state index >= 15 is 0 Å². The molecule has 28 heavy (non-hydrogen) atoms. The first kappa shape index (κ1) is 21.2. The topological polar surface area (TPSA) is 65.1 Å². The Morgan fingerprint density at radius 3 is 2.43 bits per heavy atom. The lowest BCUT2D eigenvalue weighted by molar-refractivity contribution is 0.0388. The summed E-state index contributed by atoms with van der Waals surface area (Å²) in [6.07, 6.45) is 1.64. The van der Waals surface area contributed by atoms with Gasteiger partial charge >= 0.3 is 0 Å². The Morgan fingerprint density at radius 2 is 1.75 bits per heavy atom. The van der Waals surface area contributed by atoms with Crippen molar-refractivity contribution in [1.29, 1.82) is 0 Å². The third kappa shape index (κ3) is 6.25. The molecule has 1 aromatic rings. The molecule has 0 bridgehead atoms. The van der Waals surface area contributed by atoms with Crippen molar-refractivity contribution in [1.82, 2.24) is 19.4 Å². The molecule has 9 heteroatoms. The van der Waals surface area contributed by atoms with Gasteiger partial charge in [-0.05, 0) is 23.9 Å². The number of morpholine rings is 1. The predicted molar refractivity (Wildman–Crippen MR) is 115 cm³/mol. The van der Waals surface area contributed by atoms with Crippen molar-refractivity contribution in [2.24, 2.45) is 0 Å². The van der Waals surface area contributed by atoms with Crippen LogP contribution in [0, 0.1) is 0 Å². The molecule has 3 rings (SSSR count). The summed E-state index contributed by atoms with van der Waals surface area (Å²) in [4.78, 5) is 4.39. The van der Waals surface area contributed by atoms with Gasteiger partial charge in [0, 0.05) is 57.8 Å². The van der Waals surface area contributed by atoms with Crippen LogP contribution in [0.4, 0.5) is 0 Å². The molecule has 0 unspecified atom stereocenters. The first-order valence-corrected chi connectivity index (χ1v) is 11.5. The Hall–Kier alpha value is -1.52. The van der Waals surface area contributed by atoms with Gasteiger partial charge in [0.25, 0.3) is 0 Å². The number of benzene rings is 1. The van der Waals surface area contributed by atoms with E-state index < -0.39 is 10.0 Å². The fraction of sp³-hybridized carbons (Fsp3) is 0.526. The molecule has 1 N–H and O–H groups in total. The Balaban J connectivity index is 1.41. The Labute approximate surface area is 173 Å². The SMILES string of the molecule is O=S(=O)(/C=C/c1ccccc1)N1CCN(C(=S)NCCN2CCOCC2)CC1. The first-order valence-electron chi connectivity index (χ1n) is 9.61. The molecule has 2 saturated heterocycles. The van der Waals surface area contributed by atoms with Crippen LogP contribution in [0.1, 0.15) is 5.56 Å². The number of nitrogens with zero attached hydrogens (tertiary/aromatic N) is 3. The highest BCUT2D eigenvalue weighted by molar-refractivity contribution is 7.92. The van der Waals surface area contributed by atoms with E-state index in [1.54, 1.807) is 6.08 Å². The number of sulfonamides is 1. The number of hydrogen-bond acceptors (Lipinski definition) is 5. The molecule has 0 aliphatic carbocycles. The van der Waals surface area contributed by atoms with E-state index in [0.717, 1.165) is 45.0 Å². The van der Waals surface area contributed by atoms with E-state index in [0.29, 0.717) is 31.3 Å². The van der Waals surface area contributed by atoms with Crippen molar-refractivity contribution in [3.8, 4) is 0 Å². The van der Waals surface area contributed by atoms with Crippen molar-refractivity contribution < 1.29 is 13.2 Å². The van der Waals surface area contributed by atoms with Crippen LogP contribution in [-0.2, 0) is 14.8 Å². The standard InChI is InChI=1S/C19H28N4O3S2/c24-28(25,17-6-18-4-2-1-3-5-18)23-11-9-22(10-12-23)19(27)20-7-8-21-13-15-26-16-14-21/h1-6,17H,7-16H2,(H,20,27)/b17-6+. The number of nitrogens with one attached hydrogen (secondary N) is 1. The molecule has 2 heterocycles. The molecule has 0 spiro atoms. The molecule has 0 amide bonds. The average molecular weight is 425 g/mol.